The van der Waals surface area contributed by atoms with Crippen LogP contribution in [0, 0.1) is 11.8 Å². The van der Waals surface area contributed by atoms with Crippen molar-refractivity contribution < 1.29 is 19.5 Å². The zero-order valence-corrected chi connectivity index (χ0v) is 11.6. The molecule has 0 saturated heterocycles. The van der Waals surface area contributed by atoms with E-state index in [0.717, 1.165) is 32.1 Å². The maximum Gasteiger partial charge on any atom is 0.307 e. The Balaban J connectivity index is 2.12. The van der Waals surface area contributed by atoms with Gasteiger partial charge in [-0.1, -0.05) is 19.3 Å². The van der Waals surface area contributed by atoms with E-state index in [1.807, 2.05) is 0 Å². The highest BCUT2D eigenvalue weighted by Crippen LogP contribution is 2.35. The van der Waals surface area contributed by atoms with Crippen LogP contribution in [0.4, 0.5) is 0 Å². The van der Waals surface area contributed by atoms with Crippen LogP contribution in [0.15, 0.2) is 0 Å². The summed E-state index contributed by atoms with van der Waals surface area (Å²) in [5, 5.41) is 9.20. The van der Waals surface area contributed by atoms with Crippen molar-refractivity contribution in [3.05, 3.63) is 0 Å². The van der Waals surface area contributed by atoms with E-state index in [1.165, 1.54) is 0 Å². The molecule has 2 fully saturated rings. The van der Waals surface area contributed by atoms with Gasteiger partial charge in [-0.2, -0.15) is 0 Å². The molecule has 0 radical (unpaired) electrons. The van der Waals surface area contributed by atoms with Crippen LogP contribution in [-0.2, 0) is 14.4 Å². The van der Waals surface area contributed by atoms with Gasteiger partial charge in [-0.15, -0.1) is 0 Å². The lowest BCUT2D eigenvalue weighted by molar-refractivity contribution is -0.150. The standard InChI is InChI=1S/C14H22N2O4/c15-12(17)8-16(9-4-1-2-5-9)13(18)10-6-3-7-11(10)14(19)20/h9-11H,1-8H2,(H2,15,17)(H,19,20)/t10-,11+/m1/s1. The molecule has 112 valence electrons. The highest BCUT2D eigenvalue weighted by molar-refractivity contribution is 5.88. The number of carboxylic acid groups (broad SMARTS) is 1. The van der Waals surface area contributed by atoms with Crippen molar-refractivity contribution >= 4 is 17.8 Å². The maximum atomic E-state index is 12.6. The number of nitrogens with zero attached hydrogens (tertiary/aromatic N) is 1. The molecule has 0 aromatic heterocycles. The average Bonchev–Trinajstić information content (AvgIpc) is 3.05. The van der Waals surface area contributed by atoms with E-state index in [0.29, 0.717) is 12.8 Å². The Kier molecular flexibility index (Phi) is 4.62. The number of hydrogen-bond acceptors (Lipinski definition) is 3. The van der Waals surface area contributed by atoms with Gasteiger partial charge >= 0.3 is 5.97 Å². The first-order valence-electron chi connectivity index (χ1n) is 7.32. The number of aliphatic carboxylic acids is 1. The zero-order chi connectivity index (χ0) is 14.7. The van der Waals surface area contributed by atoms with Gasteiger partial charge in [0, 0.05) is 6.04 Å². The summed E-state index contributed by atoms with van der Waals surface area (Å²) >= 11 is 0. The van der Waals surface area contributed by atoms with E-state index in [1.54, 1.807) is 4.90 Å². The van der Waals surface area contributed by atoms with Crippen LogP contribution in [-0.4, -0.2) is 40.4 Å². The Labute approximate surface area is 118 Å². The molecule has 2 saturated carbocycles. The summed E-state index contributed by atoms with van der Waals surface area (Å²) < 4.78 is 0. The molecule has 0 heterocycles. The van der Waals surface area contributed by atoms with Crippen molar-refractivity contribution in [2.24, 2.45) is 17.6 Å². The Morgan fingerprint density at radius 1 is 1.00 bits per heavy atom. The SMILES string of the molecule is NC(=O)CN(C(=O)[C@@H]1CCC[C@@H]1C(=O)O)C1CCCC1. The minimum Gasteiger partial charge on any atom is -0.481 e. The lowest BCUT2D eigenvalue weighted by atomic mass is 9.94. The van der Waals surface area contributed by atoms with Gasteiger partial charge in [0.15, 0.2) is 0 Å². The molecule has 2 rings (SSSR count). The van der Waals surface area contributed by atoms with Gasteiger partial charge in [-0.3, -0.25) is 14.4 Å². The molecular formula is C14H22N2O4. The van der Waals surface area contributed by atoms with Crippen molar-refractivity contribution in [2.75, 3.05) is 6.54 Å². The van der Waals surface area contributed by atoms with Gasteiger partial charge in [0.25, 0.3) is 0 Å². The minimum atomic E-state index is -0.911. The summed E-state index contributed by atoms with van der Waals surface area (Å²) in [6, 6.07) is 0.0463. The fraction of sp³-hybridized carbons (Fsp3) is 0.786. The molecule has 0 bridgehead atoms. The highest BCUT2D eigenvalue weighted by Gasteiger charge is 2.41. The molecule has 0 aromatic rings. The van der Waals surface area contributed by atoms with Gasteiger partial charge in [-0.05, 0) is 25.7 Å². The fourth-order valence-corrected chi connectivity index (χ4v) is 3.53. The number of nitrogens with two attached hydrogens (primary N) is 1. The topological polar surface area (TPSA) is 101 Å². The van der Waals surface area contributed by atoms with Crippen molar-refractivity contribution in [1.29, 1.82) is 0 Å². The summed E-state index contributed by atoms with van der Waals surface area (Å²) in [5.74, 6) is -2.74. The molecule has 20 heavy (non-hydrogen) atoms. The van der Waals surface area contributed by atoms with E-state index in [9.17, 15) is 19.5 Å². The molecule has 0 aromatic carbocycles. The molecular weight excluding hydrogens is 260 g/mol. The Morgan fingerprint density at radius 2 is 1.60 bits per heavy atom. The molecule has 0 unspecified atom stereocenters. The second-order valence-corrected chi connectivity index (χ2v) is 5.85. The van der Waals surface area contributed by atoms with Crippen molar-refractivity contribution in [3.8, 4) is 0 Å². The number of primary amides is 1. The van der Waals surface area contributed by atoms with E-state index >= 15 is 0 Å². The Hall–Kier alpha value is -1.59. The second kappa shape index (κ2) is 6.24. The molecule has 2 atom stereocenters. The van der Waals surface area contributed by atoms with Crippen LogP contribution in [0.1, 0.15) is 44.9 Å². The van der Waals surface area contributed by atoms with Crippen LogP contribution in [0.3, 0.4) is 0 Å². The van der Waals surface area contributed by atoms with E-state index < -0.39 is 23.7 Å². The summed E-state index contributed by atoms with van der Waals surface area (Å²) in [5.41, 5.74) is 5.24. The average molecular weight is 282 g/mol. The summed E-state index contributed by atoms with van der Waals surface area (Å²) in [7, 11) is 0. The van der Waals surface area contributed by atoms with Crippen LogP contribution in [0.25, 0.3) is 0 Å². The number of carboxylic acids is 1. The largest absolute Gasteiger partial charge is 0.481 e. The monoisotopic (exact) mass is 282 g/mol. The maximum absolute atomic E-state index is 12.6. The van der Waals surface area contributed by atoms with Crippen molar-refractivity contribution in [1.82, 2.24) is 4.90 Å². The Bertz CT molecular complexity index is 404. The minimum absolute atomic E-state index is 0.0463. The van der Waals surface area contributed by atoms with Crippen LogP contribution in [0.5, 0.6) is 0 Å². The lowest BCUT2D eigenvalue weighted by Gasteiger charge is -2.31. The summed E-state index contributed by atoms with van der Waals surface area (Å²) in [6.45, 7) is -0.0909. The van der Waals surface area contributed by atoms with E-state index in [-0.39, 0.29) is 18.5 Å². The normalized spacial score (nSPS) is 26.6. The molecule has 2 amide bonds. The first-order chi connectivity index (χ1) is 9.50. The zero-order valence-electron chi connectivity index (χ0n) is 11.6. The number of amides is 2. The van der Waals surface area contributed by atoms with Gasteiger partial charge in [0.2, 0.25) is 11.8 Å². The van der Waals surface area contributed by atoms with Crippen molar-refractivity contribution in [2.45, 2.75) is 51.0 Å². The third-order valence-corrected chi connectivity index (χ3v) is 4.53. The summed E-state index contributed by atoms with van der Waals surface area (Å²) in [4.78, 5) is 36.6. The molecule has 2 aliphatic carbocycles. The number of rotatable bonds is 5. The first-order valence-corrected chi connectivity index (χ1v) is 7.32. The van der Waals surface area contributed by atoms with Crippen molar-refractivity contribution in [3.63, 3.8) is 0 Å². The smallest absolute Gasteiger partial charge is 0.307 e. The predicted molar refractivity (Wildman–Crippen MR) is 71.6 cm³/mol. The van der Waals surface area contributed by atoms with Crippen LogP contribution < -0.4 is 5.73 Å². The number of hydrogen-bond donors (Lipinski definition) is 2. The number of carbonyl (C=O) groups excluding carboxylic acids is 2. The first kappa shape index (κ1) is 14.8. The lowest BCUT2D eigenvalue weighted by Crippen LogP contribution is -2.48. The second-order valence-electron chi connectivity index (χ2n) is 5.85. The molecule has 6 heteroatoms. The predicted octanol–water partition coefficient (Wildman–Crippen LogP) is 0.744. The Morgan fingerprint density at radius 3 is 2.15 bits per heavy atom. The van der Waals surface area contributed by atoms with Gasteiger partial charge in [-0.25, -0.2) is 0 Å². The quantitative estimate of drug-likeness (QED) is 0.776. The molecule has 6 nitrogen and oxygen atoms in total. The third kappa shape index (κ3) is 3.11. The van der Waals surface area contributed by atoms with E-state index in [4.69, 9.17) is 5.73 Å². The molecule has 2 aliphatic rings. The molecule has 0 aliphatic heterocycles. The summed E-state index contributed by atoms with van der Waals surface area (Å²) in [6.07, 6.45) is 5.73. The fourth-order valence-electron chi connectivity index (χ4n) is 3.53. The molecule has 3 N–H and O–H groups in total. The van der Waals surface area contributed by atoms with Gasteiger partial charge in [0.05, 0.1) is 18.4 Å². The van der Waals surface area contributed by atoms with Crippen LogP contribution in [0.2, 0.25) is 0 Å². The number of carbonyl (C=O) groups is 3. The third-order valence-electron chi connectivity index (χ3n) is 4.53. The molecule has 0 spiro atoms. The highest BCUT2D eigenvalue weighted by atomic mass is 16.4. The van der Waals surface area contributed by atoms with Gasteiger partial charge < -0.3 is 15.7 Å². The van der Waals surface area contributed by atoms with E-state index in [2.05, 4.69) is 0 Å². The van der Waals surface area contributed by atoms with Crippen LogP contribution >= 0.6 is 0 Å². The van der Waals surface area contributed by atoms with Gasteiger partial charge in [0.1, 0.15) is 0 Å².